The highest BCUT2D eigenvalue weighted by molar-refractivity contribution is 7.99. The summed E-state index contributed by atoms with van der Waals surface area (Å²) in [6.45, 7) is 9.40. The second kappa shape index (κ2) is 37.9. The number of carboxylic acid groups (broad SMARTS) is 3. The van der Waals surface area contributed by atoms with Crippen LogP contribution in [0.2, 0.25) is 0 Å². The van der Waals surface area contributed by atoms with Crippen LogP contribution in [0.25, 0.3) is 0 Å². The fourth-order valence-corrected chi connectivity index (χ4v) is 7.74. The summed E-state index contributed by atoms with van der Waals surface area (Å²) in [4.78, 5) is 95.9. The Balaban J connectivity index is 4.08. The van der Waals surface area contributed by atoms with E-state index in [1.165, 1.54) is 11.8 Å². The fourth-order valence-electron chi connectivity index (χ4n) is 6.67. The summed E-state index contributed by atoms with van der Waals surface area (Å²) in [6, 6.07) is -2.67. The van der Waals surface area contributed by atoms with Crippen molar-refractivity contribution in [3.8, 4) is 0 Å². The zero-order valence-corrected chi connectivity index (χ0v) is 38.8. The summed E-state index contributed by atoms with van der Waals surface area (Å²) >= 11 is 1.52. The van der Waals surface area contributed by atoms with Crippen LogP contribution in [-0.4, -0.2) is 119 Å². The minimum Gasteiger partial charge on any atom is -0.481 e. The molecule has 6 N–H and O–H groups in total. The Bertz CT molecular complexity index is 1310. The maximum atomic E-state index is 12.5. The van der Waals surface area contributed by atoms with Gasteiger partial charge in [0.05, 0.1) is 25.6 Å². The van der Waals surface area contributed by atoms with Crippen molar-refractivity contribution in [2.75, 3.05) is 44.5 Å². The number of ether oxygens (including phenoxy) is 2. The Morgan fingerprint density at radius 2 is 1.00 bits per heavy atom. The number of Topliss-reactive ketones (excluding diaryl/α,β-unsaturated/α-hetero) is 2. The number of amides is 3. The van der Waals surface area contributed by atoms with Crippen molar-refractivity contribution in [1.82, 2.24) is 16.0 Å². The van der Waals surface area contributed by atoms with Crippen LogP contribution in [0.3, 0.4) is 0 Å². The van der Waals surface area contributed by atoms with Gasteiger partial charge in [0.1, 0.15) is 23.7 Å². The molecule has 0 aliphatic rings. The van der Waals surface area contributed by atoms with E-state index >= 15 is 0 Å². The third-order valence-corrected chi connectivity index (χ3v) is 11.3. The summed E-state index contributed by atoms with van der Waals surface area (Å²) in [5, 5.41) is 35.2. The average Bonchev–Trinajstić information content (AvgIpc) is 3.20. The zero-order chi connectivity index (χ0) is 46.5. The van der Waals surface area contributed by atoms with Crippen molar-refractivity contribution in [2.24, 2.45) is 17.8 Å². The van der Waals surface area contributed by atoms with Crippen LogP contribution in [0.1, 0.15) is 163 Å². The Hall–Kier alpha value is -3.57. The Kier molecular flexibility index (Phi) is 35.8. The van der Waals surface area contributed by atoms with E-state index in [0.29, 0.717) is 49.9 Å². The zero-order valence-electron chi connectivity index (χ0n) is 38.0. The summed E-state index contributed by atoms with van der Waals surface area (Å²) < 4.78 is 11.0. The molecule has 0 aliphatic carbocycles. The molecule has 0 rings (SSSR count). The quantitative estimate of drug-likeness (QED) is 0.0365. The number of carboxylic acids is 3. The van der Waals surface area contributed by atoms with Gasteiger partial charge in [-0.2, -0.15) is 11.8 Å². The standard InChI is InChI=1S/C45H79N3O13S/c1-33(2)30-35(43(55)34(3)4)31-62-32-36(49)18-17-26-60-28-29-61-27-25-46-39(50)23-21-37(44(56)57)48-41(52)24-22-38(45(58)59)47-40(51)19-15-13-11-9-7-5-6-8-10-12-14-16-20-42(53)54/h33-35,37-38H,5-32H2,1-4H3,(H,46,50)(H,47,51)(H,48,52)(H,53,54)(H,56,57)(H,58,59). The van der Waals surface area contributed by atoms with Gasteiger partial charge in [0.2, 0.25) is 17.7 Å². The highest BCUT2D eigenvalue weighted by atomic mass is 32.2. The normalized spacial score (nSPS) is 12.7. The van der Waals surface area contributed by atoms with Crippen molar-refractivity contribution in [1.29, 1.82) is 0 Å². The molecule has 358 valence electrons. The number of carbonyl (C=O) groups excluding carboxylic acids is 5. The van der Waals surface area contributed by atoms with Gasteiger partial charge in [0, 0.05) is 62.8 Å². The summed E-state index contributed by atoms with van der Waals surface area (Å²) in [7, 11) is 0. The number of unbranched alkanes of at least 4 members (excludes halogenated alkanes) is 11. The molecule has 62 heavy (non-hydrogen) atoms. The van der Waals surface area contributed by atoms with Crippen LogP contribution in [0.15, 0.2) is 0 Å². The van der Waals surface area contributed by atoms with Gasteiger partial charge >= 0.3 is 17.9 Å². The van der Waals surface area contributed by atoms with Gasteiger partial charge in [0.15, 0.2) is 0 Å². The van der Waals surface area contributed by atoms with Crippen LogP contribution >= 0.6 is 11.8 Å². The lowest BCUT2D eigenvalue weighted by molar-refractivity contribution is -0.143. The van der Waals surface area contributed by atoms with E-state index in [1.54, 1.807) is 0 Å². The van der Waals surface area contributed by atoms with Gasteiger partial charge in [-0.05, 0) is 44.4 Å². The maximum Gasteiger partial charge on any atom is 0.326 e. The summed E-state index contributed by atoms with van der Waals surface area (Å²) in [5.74, 6) is -3.15. The number of ketones is 2. The highest BCUT2D eigenvalue weighted by Crippen LogP contribution is 2.22. The minimum absolute atomic E-state index is 0.0148. The Morgan fingerprint density at radius 1 is 0.532 bits per heavy atom. The fraction of sp³-hybridized carbons (Fsp3) is 0.822. The molecule has 0 aliphatic heterocycles. The molecule has 16 nitrogen and oxygen atoms in total. The van der Waals surface area contributed by atoms with Gasteiger partial charge in [-0.1, -0.05) is 91.9 Å². The van der Waals surface area contributed by atoms with E-state index in [9.17, 15) is 48.6 Å². The third kappa shape index (κ3) is 35.0. The predicted octanol–water partition coefficient (Wildman–Crippen LogP) is 6.35. The molecule has 3 amide bonds. The average molecular weight is 902 g/mol. The first-order chi connectivity index (χ1) is 29.5. The number of nitrogens with one attached hydrogen (secondary N) is 3. The van der Waals surface area contributed by atoms with Crippen molar-refractivity contribution < 1.29 is 63.1 Å². The first-order valence-electron chi connectivity index (χ1n) is 22.8. The number of aliphatic carboxylic acids is 3. The highest BCUT2D eigenvalue weighted by Gasteiger charge is 2.25. The molecule has 0 heterocycles. The number of hydrogen-bond acceptors (Lipinski definition) is 11. The van der Waals surface area contributed by atoms with E-state index < -0.39 is 47.7 Å². The molecule has 3 unspecified atom stereocenters. The van der Waals surface area contributed by atoms with E-state index in [4.69, 9.17) is 14.6 Å². The Morgan fingerprint density at radius 3 is 1.48 bits per heavy atom. The van der Waals surface area contributed by atoms with E-state index in [1.807, 2.05) is 13.8 Å². The van der Waals surface area contributed by atoms with E-state index in [0.717, 1.165) is 77.0 Å². The molecule has 0 bridgehead atoms. The minimum atomic E-state index is -1.36. The van der Waals surface area contributed by atoms with Gasteiger partial charge in [-0.3, -0.25) is 28.8 Å². The molecule has 17 heteroatoms. The SMILES string of the molecule is CC(C)CC(CSCC(=O)CCCOCCOCCNC(=O)CCC(NC(=O)CCC(NC(=O)CCCCCCCCCCCCCCC(=O)O)C(=O)O)C(=O)O)C(=O)C(C)C. The van der Waals surface area contributed by atoms with Crippen LogP contribution < -0.4 is 16.0 Å². The molecule has 0 spiro atoms. The first kappa shape index (κ1) is 58.4. The molecule has 0 aromatic carbocycles. The van der Waals surface area contributed by atoms with Gasteiger partial charge < -0.3 is 40.7 Å². The molecule has 0 radical (unpaired) electrons. The molecule has 3 atom stereocenters. The Labute approximate surface area is 373 Å². The third-order valence-electron chi connectivity index (χ3n) is 10.1. The molecular weight excluding hydrogens is 823 g/mol. The maximum absolute atomic E-state index is 12.5. The molecular formula is C45H79N3O13S. The summed E-state index contributed by atoms with van der Waals surface area (Å²) in [6.07, 6.45) is 13.2. The van der Waals surface area contributed by atoms with Gasteiger partial charge in [-0.25, -0.2) is 9.59 Å². The molecule has 0 aromatic heterocycles. The molecule has 0 fully saturated rings. The molecule has 0 aromatic rings. The lowest BCUT2D eigenvalue weighted by Gasteiger charge is -2.19. The van der Waals surface area contributed by atoms with Gasteiger partial charge in [-0.15, -0.1) is 0 Å². The van der Waals surface area contributed by atoms with Crippen molar-refractivity contribution in [3.63, 3.8) is 0 Å². The lowest BCUT2D eigenvalue weighted by Crippen LogP contribution is -2.44. The van der Waals surface area contributed by atoms with Crippen molar-refractivity contribution >= 4 is 59.0 Å². The lowest BCUT2D eigenvalue weighted by atomic mass is 9.89. The molecule has 0 saturated heterocycles. The van der Waals surface area contributed by atoms with Crippen LogP contribution in [-0.2, 0) is 47.8 Å². The largest absolute Gasteiger partial charge is 0.481 e. The number of rotatable bonds is 43. The van der Waals surface area contributed by atoms with E-state index in [2.05, 4.69) is 29.8 Å². The molecule has 0 saturated carbocycles. The second-order valence-electron chi connectivity index (χ2n) is 16.7. The number of hydrogen-bond donors (Lipinski definition) is 6. The topological polar surface area (TPSA) is 252 Å². The van der Waals surface area contributed by atoms with Crippen molar-refractivity contribution in [2.45, 2.75) is 175 Å². The van der Waals surface area contributed by atoms with E-state index in [-0.39, 0.29) is 81.7 Å². The van der Waals surface area contributed by atoms with Crippen LogP contribution in [0.5, 0.6) is 0 Å². The number of thioether (sulfide) groups is 1. The van der Waals surface area contributed by atoms with Gasteiger partial charge in [0.25, 0.3) is 0 Å². The smallest absolute Gasteiger partial charge is 0.326 e. The van der Waals surface area contributed by atoms with Crippen molar-refractivity contribution in [3.05, 3.63) is 0 Å². The first-order valence-corrected chi connectivity index (χ1v) is 24.0. The van der Waals surface area contributed by atoms with Crippen LogP contribution in [0, 0.1) is 17.8 Å². The second-order valence-corrected chi connectivity index (χ2v) is 17.8. The predicted molar refractivity (Wildman–Crippen MR) is 239 cm³/mol. The number of carbonyl (C=O) groups is 8. The summed E-state index contributed by atoms with van der Waals surface area (Å²) in [5.41, 5.74) is 0. The monoisotopic (exact) mass is 902 g/mol. The van der Waals surface area contributed by atoms with Crippen LogP contribution in [0.4, 0.5) is 0 Å².